The molecule has 0 fully saturated rings. The summed E-state index contributed by atoms with van der Waals surface area (Å²) < 4.78 is 1.64. The van der Waals surface area contributed by atoms with E-state index >= 15 is 0 Å². The third kappa shape index (κ3) is 3.56. The maximum atomic E-state index is 13.1. The van der Waals surface area contributed by atoms with Crippen molar-refractivity contribution in [1.29, 1.82) is 0 Å². The lowest BCUT2D eigenvalue weighted by Crippen LogP contribution is -2.19. The number of anilines is 1. The van der Waals surface area contributed by atoms with Gasteiger partial charge in [0.05, 0.1) is 5.52 Å². The lowest BCUT2D eigenvalue weighted by atomic mass is 9.99. The third-order valence-electron chi connectivity index (χ3n) is 4.84. The second-order valence-electron chi connectivity index (χ2n) is 7.08. The molecule has 0 unspecified atom stereocenters. The van der Waals surface area contributed by atoms with Gasteiger partial charge in [-0.15, -0.1) is 11.3 Å². The lowest BCUT2D eigenvalue weighted by Gasteiger charge is -2.13. The Hall–Kier alpha value is -3.32. The second kappa shape index (κ2) is 7.25. The summed E-state index contributed by atoms with van der Waals surface area (Å²) in [5.74, 6) is -0.260. The van der Waals surface area contributed by atoms with Crippen LogP contribution in [0.1, 0.15) is 26.8 Å². The van der Waals surface area contributed by atoms with Gasteiger partial charge in [-0.05, 0) is 56.2 Å². The first-order valence-corrected chi connectivity index (χ1v) is 10.0. The summed E-state index contributed by atoms with van der Waals surface area (Å²) in [5.41, 5.74) is 5.34. The molecule has 7 heteroatoms. The normalized spacial score (nSPS) is 11.0. The summed E-state index contributed by atoms with van der Waals surface area (Å²) in [5, 5.41) is 6.01. The number of hydrogen-bond acceptors (Lipinski definition) is 5. The van der Waals surface area contributed by atoms with Crippen molar-refractivity contribution in [3.63, 3.8) is 0 Å². The van der Waals surface area contributed by atoms with Crippen LogP contribution < -0.4 is 10.9 Å². The summed E-state index contributed by atoms with van der Waals surface area (Å²) in [6.45, 7) is 5.70. The van der Waals surface area contributed by atoms with Crippen LogP contribution in [0.2, 0.25) is 0 Å². The third-order valence-corrected chi connectivity index (χ3v) is 5.80. The molecule has 0 atom stereocenters. The van der Waals surface area contributed by atoms with E-state index in [0.29, 0.717) is 16.3 Å². The predicted octanol–water partition coefficient (Wildman–Crippen LogP) is 4.23. The highest BCUT2D eigenvalue weighted by molar-refractivity contribution is 7.11. The number of thiazole rings is 1. The molecule has 4 rings (SSSR count). The molecule has 1 aromatic carbocycles. The summed E-state index contributed by atoms with van der Waals surface area (Å²) in [6.07, 6.45) is 1.78. The van der Waals surface area contributed by atoms with E-state index in [2.05, 4.69) is 15.3 Å². The zero-order chi connectivity index (χ0) is 20.7. The van der Waals surface area contributed by atoms with Gasteiger partial charge in [0.2, 0.25) is 0 Å². The fourth-order valence-electron chi connectivity index (χ4n) is 3.29. The van der Waals surface area contributed by atoms with Crippen LogP contribution in [-0.4, -0.2) is 20.4 Å². The molecule has 146 valence electrons. The number of hydrogen-bond donors (Lipinski definition) is 1. The molecule has 0 aliphatic rings. The number of nitrogens with one attached hydrogen (secondary N) is 1. The molecular formula is C22H20N4O2S. The lowest BCUT2D eigenvalue weighted by molar-refractivity contribution is 0.102. The van der Waals surface area contributed by atoms with E-state index in [9.17, 15) is 9.59 Å². The van der Waals surface area contributed by atoms with E-state index in [4.69, 9.17) is 0 Å². The van der Waals surface area contributed by atoms with Gasteiger partial charge in [-0.3, -0.25) is 14.6 Å². The topological polar surface area (TPSA) is 76.9 Å². The first-order chi connectivity index (χ1) is 13.8. The first-order valence-electron chi connectivity index (χ1n) is 9.14. The Morgan fingerprint density at radius 3 is 2.59 bits per heavy atom. The zero-order valence-corrected chi connectivity index (χ0v) is 17.4. The number of fused-ring (bicyclic) bond motifs is 1. The van der Waals surface area contributed by atoms with Crippen molar-refractivity contribution >= 4 is 33.8 Å². The van der Waals surface area contributed by atoms with Crippen molar-refractivity contribution < 1.29 is 4.79 Å². The van der Waals surface area contributed by atoms with Gasteiger partial charge in [0.15, 0.2) is 5.01 Å². The van der Waals surface area contributed by atoms with Gasteiger partial charge in [-0.25, -0.2) is 4.98 Å². The SMILES string of the molecule is Cc1cc2c(cn1)cc(-c1cc(NC(=O)c3nc(C)cs3)ccc1C)c(=O)n2C. The number of pyridine rings is 2. The van der Waals surface area contributed by atoms with Crippen LogP contribution >= 0.6 is 11.3 Å². The minimum atomic E-state index is -0.260. The second-order valence-corrected chi connectivity index (χ2v) is 7.94. The van der Waals surface area contributed by atoms with Crippen molar-refractivity contribution in [3.8, 4) is 11.1 Å². The highest BCUT2D eigenvalue weighted by atomic mass is 32.1. The van der Waals surface area contributed by atoms with E-state index < -0.39 is 0 Å². The summed E-state index contributed by atoms with van der Waals surface area (Å²) in [7, 11) is 1.76. The molecule has 0 saturated heterocycles. The molecule has 4 aromatic rings. The molecular weight excluding hydrogens is 384 g/mol. The Kier molecular flexibility index (Phi) is 4.76. The van der Waals surface area contributed by atoms with Gasteiger partial charge in [0.1, 0.15) is 0 Å². The highest BCUT2D eigenvalue weighted by Gasteiger charge is 2.14. The standard InChI is InChI=1S/C22H20N4O2S/c1-12-5-6-16(25-20(27)21-24-14(3)11-29-21)9-17(12)18-8-15-10-23-13(2)7-19(15)26(4)22(18)28/h5-11H,1-4H3,(H,25,27). The maximum Gasteiger partial charge on any atom is 0.284 e. The van der Waals surface area contributed by atoms with Gasteiger partial charge >= 0.3 is 0 Å². The Morgan fingerprint density at radius 2 is 1.86 bits per heavy atom. The zero-order valence-electron chi connectivity index (χ0n) is 16.6. The van der Waals surface area contributed by atoms with Crippen molar-refractivity contribution in [2.75, 3.05) is 5.32 Å². The Bertz CT molecular complexity index is 1320. The largest absolute Gasteiger partial charge is 0.320 e. The van der Waals surface area contributed by atoms with Crippen LogP contribution in [0.15, 0.2) is 46.7 Å². The molecule has 29 heavy (non-hydrogen) atoms. The van der Waals surface area contributed by atoms with E-state index in [1.54, 1.807) is 17.8 Å². The molecule has 6 nitrogen and oxygen atoms in total. The smallest absolute Gasteiger partial charge is 0.284 e. The van der Waals surface area contributed by atoms with Crippen LogP contribution in [0.5, 0.6) is 0 Å². The van der Waals surface area contributed by atoms with Gasteiger partial charge < -0.3 is 9.88 Å². The number of carbonyl (C=O) groups excluding carboxylic acids is 1. The summed E-state index contributed by atoms with van der Waals surface area (Å²) >= 11 is 1.30. The Balaban J connectivity index is 1.78. The number of carbonyl (C=O) groups is 1. The summed E-state index contributed by atoms with van der Waals surface area (Å²) in [6, 6.07) is 9.32. The fraction of sp³-hybridized carbons (Fsp3) is 0.182. The van der Waals surface area contributed by atoms with Crippen molar-refractivity contribution in [2.45, 2.75) is 20.8 Å². The van der Waals surface area contributed by atoms with Crippen LogP contribution in [0.25, 0.3) is 22.0 Å². The highest BCUT2D eigenvalue weighted by Crippen LogP contribution is 2.27. The number of aryl methyl sites for hydroxylation is 4. The predicted molar refractivity (Wildman–Crippen MR) is 117 cm³/mol. The molecule has 3 aromatic heterocycles. The fourth-order valence-corrected chi connectivity index (χ4v) is 3.98. The minimum absolute atomic E-state index is 0.0924. The molecule has 1 N–H and O–H groups in total. The maximum absolute atomic E-state index is 13.1. The average Bonchev–Trinajstić information content (AvgIpc) is 3.13. The summed E-state index contributed by atoms with van der Waals surface area (Å²) in [4.78, 5) is 34.1. The first kappa shape index (κ1) is 19.0. The van der Waals surface area contributed by atoms with Gasteiger partial charge in [-0.1, -0.05) is 6.07 Å². The van der Waals surface area contributed by atoms with E-state index in [1.807, 2.05) is 56.5 Å². The quantitative estimate of drug-likeness (QED) is 0.554. The Morgan fingerprint density at radius 1 is 1.07 bits per heavy atom. The molecule has 3 heterocycles. The van der Waals surface area contributed by atoms with E-state index in [-0.39, 0.29) is 11.5 Å². The molecule has 0 bridgehead atoms. The van der Waals surface area contributed by atoms with Crippen LogP contribution in [0, 0.1) is 20.8 Å². The van der Waals surface area contributed by atoms with Crippen LogP contribution in [0.4, 0.5) is 5.69 Å². The number of amides is 1. The van der Waals surface area contributed by atoms with Crippen molar-refractivity contribution in [2.24, 2.45) is 7.05 Å². The molecule has 0 aliphatic heterocycles. The van der Waals surface area contributed by atoms with E-state index in [1.165, 1.54) is 11.3 Å². The molecule has 0 spiro atoms. The van der Waals surface area contributed by atoms with Gasteiger partial charge in [-0.2, -0.15) is 0 Å². The van der Waals surface area contributed by atoms with E-state index in [0.717, 1.165) is 33.4 Å². The Labute approximate surface area is 171 Å². The molecule has 1 amide bonds. The monoisotopic (exact) mass is 404 g/mol. The van der Waals surface area contributed by atoms with Crippen molar-refractivity contribution in [3.05, 3.63) is 74.2 Å². The molecule has 0 saturated carbocycles. The van der Waals surface area contributed by atoms with Crippen LogP contribution in [0.3, 0.4) is 0 Å². The molecule has 0 aliphatic carbocycles. The van der Waals surface area contributed by atoms with Crippen LogP contribution in [-0.2, 0) is 7.05 Å². The average molecular weight is 404 g/mol. The number of rotatable bonds is 3. The van der Waals surface area contributed by atoms with Crippen molar-refractivity contribution in [1.82, 2.24) is 14.5 Å². The van der Waals surface area contributed by atoms with Gasteiger partial charge in [0.25, 0.3) is 11.5 Å². The molecule has 0 radical (unpaired) electrons. The number of benzene rings is 1. The number of nitrogens with zero attached hydrogens (tertiary/aromatic N) is 3. The number of aromatic nitrogens is 3. The minimum Gasteiger partial charge on any atom is -0.320 e. The van der Waals surface area contributed by atoms with Gasteiger partial charge in [0, 0.05) is 46.6 Å².